The van der Waals surface area contributed by atoms with Crippen molar-refractivity contribution in [1.82, 2.24) is 0 Å². The van der Waals surface area contributed by atoms with E-state index >= 15 is 0 Å². The quantitative estimate of drug-likeness (QED) is 0.296. The fraction of sp³-hybridized carbons (Fsp3) is 0.800. The van der Waals surface area contributed by atoms with Crippen LogP contribution in [0.1, 0.15) is 105 Å². The van der Waals surface area contributed by atoms with Gasteiger partial charge in [-0.15, -0.1) is 0 Å². The Bertz CT molecular complexity index is 315. The van der Waals surface area contributed by atoms with Crippen molar-refractivity contribution in [3.05, 3.63) is 0 Å². The molecule has 0 aliphatic rings. The molecule has 0 unspecified atom stereocenters. The van der Waals surface area contributed by atoms with Crippen LogP contribution in [0.25, 0.3) is 0 Å². The summed E-state index contributed by atoms with van der Waals surface area (Å²) in [6, 6.07) is 0. The molecule has 0 amide bonds. The largest absolute Gasteiger partial charge is 4.00 e. The van der Waals surface area contributed by atoms with E-state index in [1.165, 1.54) is 0 Å². The molecule has 0 rings (SSSR count). The van der Waals surface area contributed by atoms with Gasteiger partial charge in [0.25, 0.3) is 0 Å². The van der Waals surface area contributed by atoms with E-state index in [-0.39, 0.29) is 46.7 Å². The predicted octanol–water partition coefficient (Wildman–Crippen LogP) is -0.296. The zero-order valence-electron chi connectivity index (χ0n) is 18.1. The Kier molecular flexibility index (Phi) is 44.9. The van der Waals surface area contributed by atoms with Gasteiger partial charge in [-0.25, -0.2) is 0 Å². The zero-order valence-corrected chi connectivity index (χ0v) is 20.3. The number of hydrogen-bond donors (Lipinski definition) is 0. The predicted molar refractivity (Wildman–Crippen MR) is 98.1 cm³/mol. The Labute approximate surface area is 189 Å². The van der Waals surface area contributed by atoms with E-state index in [0.29, 0.717) is 0 Å². The molecule has 0 saturated carbocycles. The number of carboxylic acids is 4. The maximum atomic E-state index is 9.65. The van der Waals surface area contributed by atoms with Gasteiger partial charge in [0.05, 0.1) is 0 Å². The molecule has 0 N–H and O–H groups in total. The van der Waals surface area contributed by atoms with Gasteiger partial charge >= 0.3 is 21.1 Å². The summed E-state index contributed by atoms with van der Waals surface area (Å²) in [5, 5.41) is 38.6. The zero-order chi connectivity index (χ0) is 22.8. The molecule has 0 saturated heterocycles. The van der Waals surface area contributed by atoms with Crippen LogP contribution in [0.5, 0.6) is 0 Å². The molecule has 9 heteroatoms. The second kappa shape index (κ2) is 34.1. The number of carbonyl (C=O) groups excluding carboxylic acids is 4. The van der Waals surface area contributed by atoms with Crippen LogP contribution in [0.3, 0.4) is 0 Å². The molecular weight excluding hydrogens is 563 g/mol. The second-order valence-corrected chi connectivity index (χ2v) is 5.90. The van der Waals surface area contributed by atoms with Crippen LogP contribution >= 0.6 is 0 Å². The third kappa shape index (κ3) is 75.6. The Morgan fingerprint density at radius 3 is 0.621 bits per heavy atom. The van der Waals surface area contributed by atoms with Gasteiger partial charge in [-0.2, -0.15) is 0 Å². The number of carbonyl (C=O) groups is 4. The first-order valence-electron chi connectivity index (χ1n) is 9.88. The van der Waals surface area contributed by atoms with Gasteiger partial charge < -0.3 is 39.6 Å². The summed E-state index contributed by atoms with van der Waals surface area (Å²) in [6.45, 7) is 7.79. The van der Waals surface area contributed by atoms with E-state index in [1.54, 1.807) is 0 Å². The summed E-state index contributed by atoms with van der Waals surface area (Å²) in [5.74, 6) is -3.77. The van der Waals surface area contributed by atoms with Gasteiger partial charge in [-0.05, 0) is 51.4 Å². The summed E-state index contributed by atoms with van der Waals surface area (Å²) in [7, 11) is 0. The number of hydrogen-bond acceptors (Lipinski definition) is 8. The van der Waals surface area contributed by atoms with Gasteiger partial charge in [0.15, 0.2) is 0 Å². The Morgan fingerprint density at radius 1 is 0.448 bits per heavy atom. The molecule has 0 aliphatic heterocycles. The maximum Gasteiger partial charge on any atom is 4.00 e. The van der Waals surface area contributed by atoms with Crippen LogP contribution in [-0.4, -0.2) is 23.9 Å². The van der Waals surface area contributed by atoms with E-state index < -0.39 is 23.9 Å². The van der Waals surface area contributed by atoms with Crippen LogP contribution in [0.4, 0.5) is 0 Å². The SMILES string of the molecule is CCCCC(=O)[O-].CCCCC(=O)[O-].CCCCC(=O)[O-].CCCCC(=O)[O-].[Pt+4]. The monoisotopic (exact) mass is 599 g/mol. The van der Waals surface area contributed by atoms with Crippen LogP contribution < -0.4 is 20.4 Å². The summed E-state index contributed by atoms with van der Waals surface area (Å²) < 4.78 is 0. The third-order valence-electron chi connectivity index (χ3n) is 2.94. The molecule has 0 fully saturated rings. The fourth-order valence-corrected chi connectivity index (χ4v) is 1.28. The molecule has 8 nitrogen and oxygen atoms in total. The van der Waals surface area contributed by atoms with Crippen molar-refractivity contribution < 1.29 is 60.7 Å². The molecule has 0 radical (unpaired) electrons. The van der Waals surface area contributed by atoms with E-state index in [9.17, 15) is 39.6 Å². The van der Waals surface area contributed by atoms with Crippen molar-refractivity contribution in [3.8, 4) is 0 Å². The van der Waals surface area contributed by atoms with Crippen LogP contribution in [-0.2, 0) is 40.2 Å². The minimum atomic E-state index is -0.943. The first-order chi connectivity index (χ1) is 13.1. The average Bonchev–Trinajstić information content (AvgIpc) is 2.62. The first-order valence-corrected chi connectivity index (χ1v) is 9.88. The molecule has 0 aromatic carbocycles. The smallest absolute Gasteiger partial charge is 0.550 e. The molecule has 0 aliphatic carbocycles. The summed E-state index contributed by atoms with van der Waals surface area (Å²) in [4.78, 5) is 38.6. The van der Waals surface area contributed by atoms with Crippen molar-refractivity contribution in [3.63, 3.8) is 0 Å². The van der Waals surface area contributed by atoms with E-state index in [1.807, 2.05) is 27.7 Å². The molecule has 0 aromatic heterocycles. The van der Waals surface area contributed by atoms with Crippen molar-refractivity contribution in [2.75, 3.05) is 0 Å². The van der Waals surface area contributed by atoms with Gasteiger partial charge in [-0.3, -0.25) is 0 Å². The van der Waals surface area contributed by atoms with Crippen LogP contribution in [0.2, 0.25) is 0 Å². The van der Waals surface area contributed by atoms with Crippen molar-refractivity contribution in [2.24, 2.45) is 0 Å². The van der Waals surface area contributed by atoms with E-state index in [0.717, 1.165) is 51.4 Å². The van der Waals surface area contributed by atoms with Crippen molar-refractivity contribution in [1.29, 1.82) is 0 Å². The Balaban J connectivity index is -0.0000000873. The van der Waals surface area contributed by atoms with Gasteiger partial charge in [-0.1, -0.05) is 53.4 Å². The minimum Gasteiger partial charge on any atom is -0.550 e. The molecule has 29 heavy (non-hydrogen) atoms. The van der Waals surface area contributed by atoms with Gasteiger partial charge in [0.1, 0.15) is 0 Å². The summed E-state index contributed by atoms with van der Waals surface area (Å²) >= 11 is 0. The van der Waals surface area contributed by atoms with E-state index in [4.69, 9.17) is 0 Å². The van der Waals surface area contributed by atoms with E-state index in [2.05, 4.69) is 0 Å². The average molecular weight is 600 g/mol. The molecule has 174 valence electrons. The summed E-state index contributed by atoms with van der Waals surface area (Å²) in [5.41, 5.74) is 0. The molecule has 0 atom stereocenters. The molecule has 0 bridgehead atoms. The summed E-state index contributed by atoms with van der Waals surface area (Å²) in [6.07, 6.45) is 7.47. The number of aliphatic carboxylic acids is 4. The Morgan fingerprint density at radius 2 is 0.586 bits per heavy atom. The third-order valence-corrected chi connectivity index (χ3v) is 2.94. The first kappa shape index (κ1) is 38.2. The molecular formula is C20H36O8Pt. The molecule has 0 heterocycles. The fourth-order valence-electron chi connectivity index (χ4n) is 1.28. The molecule has 0 aromatic rings. The number of unbranched alkanes of at least 4 members (excludes halogenated alkanes) is 4. The van der Waals surface area contributed by atoms with Crippen LogP contribution in [0, 0.1) is 0 Å². The van der Waals surface area contributed by atoms with Crippen molar-refractivity contribution in [2.45, 2.75) is 105 Å². The maximum absolute atomic E-state index is 9.65. The van der Waals surface area contributed by atoms with Crippen LogP contribution in [0.15, 0.2) is 0 Å². The van der Waals surface area contributed by atoms with Gasteiger partial charge in [0.2, 0.25) is 0 Å². The standard InChI is InChI=1S/4C5H10O2.Pt/c4*1-2-3-4-5(6)7;/h4*2-4H2,1H3,(H,6,7);/q;;;;+4/p-4. The topological polar surface area (TPSA) is 161 Å². The van der Waals surface area contributed by atoms with Crippen molar-refractivity contribution >= 4 is 23.9 Å². The van der Waals surface area contributed by atoms with Gasteiger partial charge in [0, 0.05) is 23.9 Å². The number of carboxylic acid groups (broad SMARTS) is 4. The Hall–Kier alpha value is -1.43. The number of rotatable bonds is 12. The second-order valence-electron chi connectivity index (χ2n) is 5.90. The molecule has 0 spiro atoms. The minimum absolute atomic E-state index is 0. The normalized spacial score (nSPS) is 8.41.